The van der Waals surface area contributed by atoms with Gasteiger partial charge in [-0.1, -0.05) is 15.9 Å². The van der Waals surface area contributed by atoms with E-state index in [1.807, 2.05) is 23.9 Å². The topological polar surface area (TPSA) is 21.3 Å². The molecule has 0 radical (unpaired) electrons. The second kappa shape index (κ2) is 6.12. The van der Waals surface area contributed by atoms with Crippen molar-refractivity contribution < 1.29 is 4.74 Å². The van der Waals surface area contributed by atoms with E-state index in [0.29, 0.717) is 12.1 Å². The first kappa shape index (κ1) is 13.2. The number of nitrogens with one attached hydrogen (secondary N) is 1. The Hall–Kier alpha value is -0.190. The third-order valence-corrected chi connectivity index (χ3v) is 4.24. The lowest BCUT2D eigenvalue weighted by molar-refractivity contribution is 0.248. The van der Waals surface area contributed by atoms with Crippen LogP contribution < -0.4 is 10.1 Å². The summed E-state index contributed by atoms with van der Waals surface area (Å²) >= 11 is 5.41. The maximum atomic E-state index is 5.68. The van der Waals surface area contributed by atoms with Gasteiger partial charge in [0.2, 0.25) is 0 Å². The molecule has 0 spiro atoms. The van der Waals surface area contributed by atoms with E-state index in [-0.39, 0.29) is 0 Å². The predicted octanol–water partition coefficient (Wildman–Crippen LogP) is 3.61. The smallest absolute Gasteiger partial charge is 0.124 e. The Morgan fingerprint density at radius 3 is 3.18 bits per heavy atom. The highest BCUT2D eigenvalue weighted by Gasteiger charge is 2.22. The van der Waals surface area contributed by atoms with Crippen molar-refractivity contribution in [1.82, 2.24) is 5.32 Å². The van der Waals surface area contributed by atoms with Crippen LogP contribution in [-0.4, -0.2) is 24.7 Å². The summed E-state index contributed by atoms with van der Waals surface area (Å²) in [6, 6.07) is 7.19. The van der Waals surface area contributed by atoms with Gasteiger partial charge in [0.05, 0.1) is 6.61 Å². The fourth-order valence-electron chi connectivity index (χ4n) is 2.18. The molecule has 2 nitrogen and oxygen atoms in total. The molecule has 0 saturated heterocycles. The standard InChI is InChI=1S/C13H18BrNOS/c1-9(8-17-2)15-12-5-6-16-13-4-3-10(14)7-11(12)13/h3-4,7,9,12,15H,5-6,8H2,1-2H3. The molecule has 1 aromatic rings. The number of halogens is 1. The minimum atomic E-state index is 0.415. The highest BCUT2D eigenvalue weighted by molar-refractivity contribution is 9.10. The molecule has 0 fully saturated rings. The van der Waals surface area contributed by atoms with E-state index < -0.39 is 0 Å². The van der Waals surface area contributed by atoms with Gasteiger partial charge in [-0.25, -0.2) is 0 Å². The molecule has 2 unspecified atom stereocenters. The van der Waals surface area contributed by atoms with Crippen molar-refractivity contribution in [2.24, 2.45) is 0 Å². The van der Waals surface area contributed by atoms with Crippen molar-refractivity contribution in [3.8, 4) is 5.75 Å². The molecule has 0 aromatic heterocycles. The number of benzene rings is 1. The van der Waals surface area contributed by atoms with E-state index >= 15 is 0 Å². The van der Waals surface area contributed by atoms with Gasteiger partial charge >= 0.3 is 0 Å². The lowest BCUT2D eigenvalue weighted by atomic mass is 10.00. The molecule has 1 aliphatic rings. The van der Waals surface area contributed by atoms with E-state index in [9.17, 15) is 0 Å². The average molecular weight is 316 g/mol. The van der Waals surface area contributed by atoms with Crippen molar-refractivity contribution in [1.29, 1.82) is 0 Å². The maximum absolute atomic E-state index is 5.68. The van der Waals surface area contributed by atoms with Gasteiger partial charge in [-0.15, -0.1) is 0 Å². The van der Waals surface area contributed by atoms with Crippen LogP contribution >= 0.6 is 27.7 Å². The summed E-state index contributed by atoms with van der Waals surface area (Å²) in [5, 5.41) is 3.68. The summed E-state index contributed by atoms with van der Waals surface area (Å²) in [6.07, 6.45) is 3.19. The van der Waals surface area contributed by atoms with Gasteiger partial charge in [-0.05, 0) is 31.4 Å². The molecule has 0 aliphatic carbocycles. The molecule has 0 amide bonds. The zero-order chi connectivity index (χ0) is 12.3. The van der Waals surface area contributed by atoms with Gasteiger partial charge in [0.1, 0.15) is 5.75 Å². The van der Waals surface area contributed by atoms with Crippen LogP contribution in [0.4, 0.5) is 0 Å². The summed E-state index contributed by atoms with van der Waals surface area (Å²) < 4.78 is 6.80. The van der Waals surface area contributed by atoms with Crippen LogP contribution in [0.25, 0.3) is 0 Å². The number of rotatable bonds is 4. The van der Waals surface area contributed by atoms with E-state index in [2.05, 4.69) is 40.5 Å². The third kappa shape index (κ3) is 3.39. The first-order valence-corrected chi connectivity index (χ1v) is 8.06. The molecule has 1 aliphatic heterocycles. The molecule has 2 rings (SSSR count). The molecule has 4 heteroatoms. The van der Waals surface area contributed by atoms with Crippen LogP contribution in [0.2, 0.25) is 0 Å². The Morgan fingerprint density at radius 2 is 2.41 bits per heavy atom. The lowest BCUT2D eigenvalue weighted by Crippen LogP contribution is -2.35. The summed E-state index contributed by atoms with van der Waals surface area (Å²) in [5.74, 6) is 2.16. The largest absolute Gasteiger partial charge is 0.493 e. The molecule has 17 heavy (non-hydrogen) atoms. The van der Waals surface area contributed by atoms with Crippen LogP contribution in [0.3, 0.4) is 0 Å². The van der Waals surface area contributed by atoms with Gasteiger partial charge in [0.15, 0.2) is 0 Å². The first-order valence-electron chi connectivity index (χ1n) is 5.88. The van der Waals surface area contributed by atoms with Crippen LogP contribution in [-0.2, 0) is 0 Å². The first-order chi connectivity index (χ1) is 8.20. The summed E-state index contributed by atoms with van der Waals surface area (Å²) in [4.78, 5) is 0. The zero-order valence-corrected chi connectivity index (χ0v) is 12.6. The Bertz CT molecular complexity index is 386. The van der Waals surface area contributed by atoms with Gasteiger partial charge in [-0.2, -0.15) is 11.8 Å². The van der Waals surface area contributed by atoms with Crippen molar-refractivity contribution in [2.45, 2.75) is 25.4 Å². The van der Waals surface area contributed by atoms with E-state index in [1.54, 1.807) is 0 Å². The second-order valence-corrected chi connectivity index (χ2v) is 6.22. The highest BCUT2D eigenvalue weighted by atomic mass is 79.9. The van der Waals surface area contributed by atoms with Gasteiger partial charge in [0.25, 0.3) is 0 Å². The van der Waals surface area contributed by atoms with Gasteiger partial charge in [-0.3, -0.25) is 0 Å². The number of thioether (sulfide) groups is 1. The SMILES string of the molecule is CSCC(C)NC1CCOc2ccc(Br)cc21. The number of hydrogen-bond acceptors (Lipinski definition) is 3. The molecule has 94 valence electrons. The molecular weight excluding hydrogens is 298 g/mol. The normalized spacial score (nSPS) is 20.5. The lowest BCUT2D eigenvalue weighted by Gasteiger charge is -2.29. The number of fused-ring (bicyclic) bond motifs is 1. The van der Waals surface area contributed by atoms with Crippen molar-refractivity contribution in [2.75, 3.05) is 18.6 Å². The summed E-state index contributed by atoms with van der Waals surface area (Å²) in [6.45, 7) is 3.04. The average Bonchev–Trinajstić information content (AvgIpc) is 2.30. The van der Waals surface area contributed by atoms with Crippen molar-refractivity contribution >= 4 is 27.7 Å². The fourth-order valence-corrected chi connectivity index (χ4v) is 3.15. The van der Waals surface area contributed by atoms with Gasteiger partial charge < -0.3 is 10.1 Å². The quantitative estimate of drug-likeness (QED) is 0.917. The minimum Gasteiger partial charge on any atom is -0.493 e. The van der Waals surface area contributed by atoms with Crippen LogP contribution in [0.5, 0.6) is 5.75 Å². The molecule has 1 N–H and O–H groups in total. The molecule has 2 atom stereocenters. The van der Waals surface area contributed by atoms with Crippen LogP contribution in [0.15, 0.2) is 22.7 Å². The molecule has 0 saturated carbocycles. The third-order valence-electron chi connectivity index (χ3n) is 2.91. The van der Waals surface area contributed by atoms with Crippen LogP contribution in [0, 0.1) is 0 Å². The van der Waals surface area contributed by atoms with Crippen molar-refractivity contribution in [3.63, 3.8) is 0 Å². The van der Waals surface area contributed by atoms with E-state index in [1.165, 1.54) is 5.56 Å². The molecule has 0 bridgehead atoms. The summed E-state index contributed by atoms with van der Waals surface area (Å²) in [5.41, 5.74) is 1.28. The fraction of sp³-hybridized carbons (Fsp3) is 0.538. The monoisotopic (exact) mass is 315 g/mol. The highest BCUT2D eigenvalue weighted by Crippen LogP contribution is 2.34. The molecule has 1 aromatic carbocycles. The predicted molar refractivity (Wildman–Crippen MR) is 78.0 cm³/mol. The molecular formula is C13H18BrNOS. The number of hydrogen-bond donors (Lipinski definition) is 1. The Morgan fingerprint density at radius 1 is 1.59 bits per heavy atom. The Kier molecular flexibility index (Phi) is 4.77. The Balaban J connectivity index is 2.13. The maximum Gasteiger partial charge on any atom is 0.124 e. The Labute approximate surface area is 116 Å². The zero-order valence-electron chi connectivity index (χ0n) is 10.2. The summed E-state index contributed by atoms with van der Waals surface area (Å²) in [7, 11) is 0. The van der Waals surface area contributed by atoms with Crippen LogP contribution in [0.1, 0.15) is 24.9 Å². The van der Waals surface area contributed by atoms with E-state index in [0.717, 1.165) is 29.0 Å². The molecule has 1 heterocycles. The number of ether oxygens (including phenoxy) is 1. The van der Waals surface area contributed by atoms with Gasteiger partial charge in [0, 0.05) is 34.3 Å². The second-order valence-electron chi connectivity index (χ2n) is 4.39. The van der Waals surface area contributed by atoms with Crippen molar-refractivity contribution in [3.05, 3.63) is 28.2 Å². The van der Waals surface area contributed by atoms with E-state index in [4.69, 9.17) is 4.74 Å². The minimum absolute atomic E-state index is 0.415.